The number of carbonyl (C=O) groups excluding carboxylic acids is 2. The van der Waals surface area contributed by atoms with E-state index in [9.17, 15) is 9.59 Å². The number of fused-ring (bicyclic) bond motifs is 1. The summed E-state index contributed by atoms with van der Waals surface area (Å²) in [4.78, 5) is 27.9. The molecular formula is C25H27N2O3S+. The minimum atomic E-state index is -0.405. The summed E-state index contributed by atoms with van der Waals surface area (Å²) >= 11 is 1.44. The molecule has 2 heterocycles. The van der Waals surface area contributed by atoms with Crippen molar-refractivity contribution in [2.75, 3.05) is 11.5 Å². The van der Waals surface area contributed by atoms with Crippen molar-refractivity contribution in [1.29, 1.82) is 0 Å². The summed E-state index contributed by atoms with van der Waals surface area (Å²) in [5.74, 6) is 0.501. The number of benzene rings is 2. The normalized spacial score (nSPS) is 18.6. The van der Waals surface area contributed by atoms with Gasteiger partial charge in [0.25, 0.3) is 0 Å². The molecule has 0 aliphatic carbocycles. The fraction of sp³-hybridized carbons (Fsp3) is 0.320. The molecule has 2 aromatic rings. The van der Waals surface area contributed by atoms with E-state index in [-0.39, 0.29) is 17.4 Å². The van der Waals surface area contributed by atoms with Crippen LogP contribution in [0.1, 0.15) is 38.8 Å². The zero-order chi connectivity index (χ0) is 22.2. The first-order valence-electron chi connectivity index (χ1n) is 10.5. The number of ether oxygens (including phenoxy) is 1. The predicted octanol–water partition coefficient (Wildman–Crippen LogP) is 5.13. The number of anilines is 1. The van der Waals surface area contributed by atoms with Crippen LogP contribution in [0.15, 0.2) is 60.0 Å². The molecule has 0 spiro atoms. The van der Waals surface area contributed by atoms with Crippen molar-refractivity contribution >= 4 is 35.1 Å². The van der Waals surface area contributed by atoms with Crippen LogP contribution in [0.25, 0.3) is 0 Å². The number of imide groups is 1. The van der Waals surface area contributed by atoms with Gasteiger partial charge in [-0.25, -0.2) is 4.79 Å². The van der Waals surface area contributed by atoms with Crippen molar-refractivity contribution in [2.45, 2.75) is 44.9 Å². The number of hydrogen-bond acceptors (Lipinski definition) is 4. The molecule has 2 aliphatic rings. The fourth-order valence-corrected chi connectivity index (χ4v) is 4.69. The van der Waals surface area contributed by atoms with Crippen LogP contribution in [0.5, 0.6) is 5.75 Å². The maximum absolute atomic E-state index is 13.5. The second-order valence-corrected chi connectivity index (χ2v) is 9.68. The molecule has 4 rings (SSSR count). The van der Waals surface area contributed by atoms with Gasteiger partial charge in [-0.1, -0.05) is 45.0 Å². The first-order valence-corrected chi connectivity index (χ1v) is 11.4. The van der Waals surface area contributed by atoms with Crippen LogP contribution >= 0.6 is 11.8 Å². The Morgan fingerprint density at radius 1 is 1.03 bits per heavy atom. The third kappa shape index (κ3) is 4.17. The lowest BCUT2D eigenvalue weighted by molar-refractivity contribution is -0.444. The van der Waals surface area contributed by atoms with Gasteiger partial charge in [-0.3, -0.25) is 0 Å². The van der Waals surface area contributed by atoms with E-state index in [1.54, 1.807) is 28.8 Å². The van der Waals surface area contributed by atoms with E-state index in [4.69, 9.17) is 4.74 Å². The molecule has 0 bridgehead atoms. The summed E-state index contributed by atoms with van der Waals surface area (Å²) in [6, 6.07) is 15.1. The molecule has 160 valence electrons. The molecule has 1 unspecified atom stereocenters. The Morgan fingerprint density at radius 3 is 2.32 bits per heavy atom. The molecule has 31 heavy (non-hydrogen) atoms. The summed E-state index contributed by atoms with van der Waals surface area (Å²) in [7, 11) is 0. The largest absolute Gasteiger partial charge is 0.506 e. The SMILES string of the molecule is CCOc1ccc(N2C(=O)C3SC=CC3=[N+](Cc3ccc(C(C)(C)C)cc3)C2=O)cc1. The molecule has 0 N–H and O–H groups in total. The number of nitrogens with zero attached hydrogens (tertiary/aromatic N) is 2. The van der Waals surface area contributed by atoms with Crippen molar-refractivity contribution in [3.05, 3.63) is 71.1 Å². The quantitative estimate of drug-likeness (QED) is 0.611. The van der Waals surface area contributed by atoms with Gasteiger partial charge in [-0.15, -0.1) is 16.7 Å². The summed E-state index contributed by atoms with van der Waals surface area (Å²) in [5.41, 5.74) is 3.65. The van der Waals surface area contributed by atoms with Gasteiger partial charge in [-0.2, -0.15) is 9.37 Å². The highest BCUT2D eigenvalue weighted by Crippen LogP contribution is 2.32. The van der Waals surface area contributed by atoms with E-state index in [0.717, 1.165) is 11.3 Å². The summed E-state index contributed by atoms with van der Waals surface area (Å²) in [6.45, 7) is 9.43. The molecule has 5 nitrogen and oxygen atoms in total. The highest BCUT2D eigenvalue weighted by atomic mass is 32.2. The maximum atomic E-state index is 13.5. The van der Waals surface area contributed by atoms with Crippen LogP contribution < -0.4 is 9.64 Å². The number of urea groups is 1. The van der Waals surface area contributed by atoms with E-state index in [0.29, 0.717) is 24.6 Å². The lowest BCUT2D eigenvalue weighted by atomic mass is 9.87. The second-order valence-electron chi connectivity index (χ2n) is 8.66. The third-order valence-electron chi connectivity index (χ3n) is 5.47. The number of amides is 3. The number of carbonyl (C=O) groups is 2. The van der Waals surface area contributed by atoms with Gasteiger partial charge in [0.05, 0.1) is 6.61 Å². The smallest absolute Gasteiger partial charge is 0.494 e. The van der Waals surface area contributed by atoms with Gasteiger partial charge in [0, 0.05) is 0 Å². The minimum absolute atomic E-state index is 0.0705. The van der Waals surface area contributed by atoms with E-state index in [1.165, 1.54) is 22.2 Å². The van der Waals surface area contributed by atoms with Gasteiger partial charge in [0.2, 0.25) is 0 Å². The summed E-state index contributed by atoms with van der Waals surface area (Å²) in [6.07, 6.45) is 1.88. The van der Waals surface area contributed by atoms with Crippen LogP contribution in [0.2, 0.25) is 0 Å². The first-order chi connectivity index (χ1) is 14.8. The minimum Gasteiger partial charge on any atom is -0.494 e. The highest BCUT2D eigenvalue weighted by Gasteiger charge is 2.50. The molecular weight excluding hydrogens is 408 g/mol. The van der Waals surface area contributed by atoms with E-state index >= 15 is 0 Å². The number of allylic oxidation sites excluding steroid dienone is 1. The van der Waals surface area contributed by atoms with Gasteiger partial charge < -0.3 is 4.74 Å². The van der Waals surface area contributed by atoms with Gasteiger partial charge in [0.15, 0.2) is 5.25 Å². The molecule has 0 aromatic heterocycles. The van der Waals surface area contributed by atoms with Crippen molar-refractivity contribution in [3.8, 4) is 5.75 Å². The zero-order valence-electron chi connectivity index (χ0n) is 18.3. The topological polar surface area (TPSA) is 49.6 Å². The Bertz CT molecular complexity index is 1060. The van der Waals surface area contributed by atoms with Crippen LogP contribution in [-0.4, -0.2) is 34.1 Å². The fourth-order valence-electron chi connectivity index (χ4n) is 3.75. The monoisotopic (exact) mass is 435 g/mol. The summed E-state index contributed by atoms with van der Waals surface area (Å²) in [5, 5.41) is 1.49. The first kappa shape index (κ1) is 21.4. The number of thioether (sulfide) groups is 1. The van der Waals surface area contributed by atoms with Gasteiger partial charge >= 0.3 is 11.9 Å². The molecule has 6 heteroatoms. The molecule has 0 fully saturated rings. The molecule has 2 aliphatic heterocycles. The molecule has 2 aromatic carbocycles. The van der Waals surface area contributed by atoms with Crippen LogP contribution in [0, 0.1) is 0 Å². The van der Waals surface area contributed by atoms with E-state index in [2.05, 4.69) is 45.0 Å². The number of rotatable bonds is 5. The lowest BCUT2D eigenvalue weighted by Crippen LogP contribution is -2.55. The Hall–Kier alpha value is -2.86. The van der Waals surface area contributed by atoms with Gasteiger partial charge in [-0.05, 0) is 59.2 Å². The highest BCUT2D eigenvalue weighted by molar-refractivity contribution is 8.04. The van der Waals surface area contributed by atoms with Crippen molar-refractivity contribution in [2.24, 2.45) is 0 Å². The molecule has 3 amide bonds. The average Bonchev–Trinajstić information content (AvgIpc) is 3.22. The Morgan fingerprint density at radius 2 is 1.71 bits per heavy atom. The lowest BCUT2D eigenvalue weighted by Gasteiger charge is -2.24. The van der Waals surface area contributed by atoms with E-state index < -0.39 is 5.25 Å². The van der Waals surface area contributed by atoms with Crippen LogP contribution in [-0.2, 0) is 16.8 Å². The van der Waals surface area contributed by atoms with Crippen molar-refractivity contribution < 1.29 is 18.9 Å². The van der Waals surface area contributed by atoms with Crippen molar-refractivity contribution in [1.82, 2.24) is 0 Å². The molecule has 0 radical (unpaired) electrons. The standard InChI is InChI=1S/C25H27N2O3S/c1-5-30-20-12-10-19(11-13-20)27-23(28)22-21(14-15-31-22)26(24(27)29)16-17-6-8-18(9-7-17)25(2,3)4/h6-15,22H,5,16H2,1-4H3/q+1. The Balaban J connectivity index is 1.66. The van der Waals surface area contributed by atoms with Gasteiger partial charge in [0.1, 0.15) is 23.7 Å². The average molecular weight is 436 g/mol. The Kier molecular flexibility index (Phi) is 5.75. The Labute approximate surface area is 187 Å². The molecule has 0 saturated heterocycles. The van der Waals surface area contributed by atoms with Crippen LogP contribution in [0.3, 0.4) is 0 Å². The summed E-state index contributed by atoms with van der Waals surface area (Å²) < 4.78 is 7.20. The second kappa shape index (κ2) is 8.35. The maximum Gasteiger partial charge on any atom is 0.506 e. The van der Waals surface area contributed by atoms with E-state index in [1.807, 2.05) is 18.4 Å². The van der Waals surface area contributed by atoms with Crippen LogP contribution in [0.4, 0.5) is 10.5 Å². The predicted molar refractivity (Wildman–Crippen MR) is 125 cm³/mol. The molecule has 1 atom stereocenters. The molecule has 0 saturated carbocycles. The third-order valence-corrected chi connectivity index (χ3v) is 6.48. The number of hydrogen-bond donors (Lipinski definition) is 0. The zero-order valence-corrected chi connectivity index (χ0v) is 19.1. The van der Waals surface area contributed by atoms with Crippen molar-refractivity contribution in [3.63, 3.8) is 0 Å².